The molecule has 3 heteroatoms. The SMILES string of the molecule is CCN(C(=O)C1(CC)CCNC1)c1ccccc1. The highest BCUT2D eigenvalue weighted by atomic mass is 16.2. The Kier molecular flexibility index (Phi) is 4.02. The number of amides is 1. The first-order chi connectivity index (χ1) is 8.73. The van der Waals surface area contributed by atoms with Gasteiger partial charge in [-0.05, 0) is 38.4 Å². The van der Waals surface area contributed by atoms with Crippen molar-refractivity contribution in [1.82, 2.24) is 5.32 Å². The van der Waals surface area contributed by atoms with Crippen LogP contribution in [0, 0.1) is 5.41 Å². The molecule has 0 aromatic heterocycles. The zero-order chi connectivity index (χ0) is 13.0. The van der Waals surface area contributed by atoms with Gasteiger partial charge in [-0.25, -0.2) is 0 Å². The molecule has 1 atom stereocenters. The number of nitrogens with zero attached hydrogens (tertiary/aromatic N) is 1. The van der Waals surface area contributed by atoms with E-state index in [-0.39, 0.29) is 11.3 Å². The Hall–Kier alpha value is -1.35. The third kappa shape index (κ3) is 2.27. The molecular weight excluding hydrogens is 224 g/mol. The summed E-state index contributed by atoms with van der Waals surface area (Å²) >= 11 is 0. The van der Waals surface area contributed by atoms with Crippen molar-refractivity contribution in [1.29, 1.82) is 0 Å². The lowest BCUT2D eigenvalue weighted by molar-refractivity contribution is -0.127. The van der Waals surface area contributed by atoms with E-state index >= 15 is 0 Å². The molecule has 1 amide bonds. The first kappa shape index (κ1) is 13.1. The van der Waals surface area contributed by atoms with Gasteiger partial charge in [-0.2, -0.15) is 0 Å². The minimum absolute atomic E-state index is 0.203. The van der Waals surface area contributed by atoms with Crippen LogP contribution >= 0.6 is 0 Å². The number of hydrogen-bond donors (Lipinski definition) is 1. The van der Waals surface area contributed by atoms with E-state index in [0.717, 1.165) is 38.2 Å². The van der Waals surface area contributed by atoms with Crippen LogP contribution < -0.4 is 10.2 Å². The minimum Gasteiger partial charge on any atom is -0.316 e. The molecular formula is C15H22N2O. The highest BCUT2D eigenvalue weighted by molar-refractivity contribution is 5.98. The highest BCUT2D eigenvalue weighted by Gasteiger charge is 2.41. The van der Waals surface area contributed by atoms with Gasteiger partial charge >= 0.3 is 0 Å². The van der Waals surface area contributed by atoms with E-state index in [1.54, 1.807) is 0 Å². The summed E-state index contributed by atoms with van der Waals surface area (Å²) in [6.07, 6.45) is 1.85. The van der Waals surface area contributed by atoms with Gasteiger partial charge in [0.05, 0.1) is 5.41 Å². The van der Waals surface area contributed by atoms with Crippen molar-refractivity contribution in [2.24, 2.45) is 5.41 Å². The van der Waals surface area contributed by atoms with E-state index in [9.17, 15) is 4.79 Å². The highest BCUT2D eigenvalue weighted by Crippen LogP contribution is 2.33. The lowest BCUT2D eigenvalue weighted by Crippen LogP contribution is -2.45. The molecule has 0 aliphatic carbocycles. The molecule has 1 fully saturated rings. The van der Waals surface area contributed by atoms with Gasteiger partial charge in [-0.1, -0.05) is 25.1 Å². The Labute approximate surface area is 109 Å². The normalized spacial score (nSPS) is 23.0. The van der Waals surface area contributed by atoms with Gasteiger partial charge in [-0.3, -0.25) is 4.79 Å². The van der Waals surface area contributed by atoms with Crippen LogP contribution in [-0.4, -0.2) is 25.5 Å². The molecule has 18 heavy (non-hydrogen) atoms. The molecule has 1 aromatic carbocycles. The summed E-state index contributed by atoms with van der Waals surface area (Å²) in [6, 6.07) is 9.96. The second-order valence-electron chi connectivity index (χ2n) is 4.95. The second kappa shape index (κ2) is 5.53. The van der Waals surface area contributed by atoms with Crippen molar-refractivity contribution in [2.45, 2.75) is 26.7 Å². The number of nitrogens with one attached hydrogen (secondary N) is 1. The van der Waals surface area contributed by atoms with E-state index < -0.39 is 0 Å². The van der Waals surface area contributed by atoms with Crippen molar-refractivity contribution in [2.75, 3.05) is 24.5 Å². The molecule has 0 saturated carbocycles. The average Bonchev–Trinajstić information content (AvgIpc) is 2.91. The fourth-order valence-electron chi connectivity index (χ4n) is 2.72. The van der Waals surface area contributed by atoms with E-state index in [1.807, 2.05) is 42.2 Å². The molecule has 0 bridgehead atoms. The Morgan fingerprint density at radius 3 is 2.56 bits per heavy atom. The third-order valence-corrected chi connectivity index (χ3v) is 4.00. The summed E-state index contributed by atoms with van der Waals surface area (Å²) < 4.78 is 0. The number of hydrogen-bond acceptors (Lipinski definition) is 2. The smallest absolute Gasteiger partial charge is 0.234 e. The van der Waals surface area contributed by atoms with Crippen LogP contribution in [0.5, 0.6) is 0 Å². The van der Waals surface area contributed by atoms with E-state index in [1.165, 1.54) is 0 Å². The first-order valence-electron chi connectivity index (χ1n) is 6.81. The van der Waals surface area contributed by atoms with Gasteiger partial charge in [0.15, 0.2) is 0 Å². The molecule has 0 spiro atoms. The van der Waals surface area contributed by atoms with E-state index in [0.29, 0.717) is 0 Å². The van der Waals surface area contributed by atoms with Crippen LogP contribution in [0.25, 0.3) is 0 Å². The number of anilines is 1. The average molecular weight is 246 g/mol. The standard InChI is InChI=1S/C15H22N2O/c1-3-15(10-11-16-12-15)14(18)17(4-2)13-8-6-5-7-9-13/h5-9,16H,3-4,10-12H2,1-2H3. The number of rotatable bonds is 4. The van der Waals surface area contributed by atoms with Crippen molar-refractivity contribution in [3.8, 4) is 0 Å². The topological polar surface area (TPSA) is 32.3 Å². The molecule has 98 valence electrons. The molecule has 3 nitrogen and oxygen atoms in total. The molecule has 1 N–H and O–H groups in total. The van der Waals surface area contributed by atoms with Crippen LogP contribution in [0.3, 0.4) is 0 Å². The van der Waals surface area contributed by atoms with Crippen LogP contribution in [0.15, 0.2) is 30.3 Å². The Morgan fingerprint density at radius 1 is 1.33 bits per heavy atom. The van der Waals surface area contributed by atoms with Crippen molar-refractivity contribution < 1.29 is 4.79 Å². The minimum atomic E-state index is -0.203. The zero-order valence-corrected chi connectivity index (χ0v) is 11.3. The Morgan fingerprint density at radius 2 is 2.06 bits per heavy atom. The fraction of sp³-hybridized carbons (Fsp3) is 0.533. The summed E-state index contributed by atoms with van der Waals surface area (Å²) in [5.74, 6) is 0.267. The summed E-state index contributed by atoms with van der Waals surface area (Å²) in [4.78, 5) is 14.7. The van der Waals surface area contributed by atoms with Crippen molar-refractivity contribution >= 4 is 11.6 Å². The van der Waals surface area contributed by atoms with E-state index in [4.69, 9.17) is 0 Å². The van der Waals surface area contributed by atoms with Gasteiger partial charge < -0.3 is 10.2 Å². The monoisotopic (exact) mass is 246 g/mol. The number of para-hydroxylation sites is 1. The Balaban J connectivity index is 2.25. The maximum Gasteiger partial charge on any atom is 0.234 e. The lowest BCUT2D eigenvalue weighted by Gasteiger charge is -2.32. The van der Waals surface area contributed by atoms with Crippen LogP contribution in [0.4, 0.5) is 5.69 Å². The van der Waals surface area contributed by atoms with Gasteiger partial charge in [0, 0.05) is 18.8 Å². The van der Waals surface area contributed by atoms with Crippen molar-refractivity contribution in [3.63, 3.8) is 0 Å². The second-order valence-corrected chi connectivity index (χ2v) is 4.95. The predicted molar refractivity (Wildman–Crippen MR) is 74.7 cm³/mol. The molecule has 1 aliphatic rings. The first-order valence-corrected chi connectivity index (χ1v) is 6.81. The third-order valence-electron chi connectivity index (χ3n) is 4.00. The summed E-state index contributed by atoms with van der Waals surface area (Å²) in [5, 5.41) is 3.33. The van der Waals surface area contributed by atoms with E-state index in [2.05, 4.69) is 12.2 Å². The predicted octanol–water partition coefficient (Wildman–Crippen LogP) is 2.43. The fourth-order valence-corrected chi connectivity index (χ4v) is 2.72. The summed E-state index contributed by atoms with van der Waals surface area (Å²) in [5.41, 5.74) is 0.802. The van der Waals surface area contributed by atoms with Gasteiger partial charge in [-0.15, -0.1) is 0 Å². The van der Waals surface area contributed by atoms with Crippen LogP contribution in [0.2, 0.25) is 0 Å². The largest absolute Gasteiger partial charge is 0.316 e. The van der Waals surface area contributed by atoms with Gasteiger partial charge in [0.25, 0.3) is 0 Å². The number of benzene rings is 1. The van der Waals surface area contributed by atoms with Crippen LogP contribution in [-0.2, 0) is 4.79 Å². The molecule has 1 heterocycles. The number of carbonyl (C=O) groups is 1. The van der Waals surface area contributed by atoms with Gasteiger partial charge in [0.2, 0.25) is 5.91 Å². The Bertz CT molecular complexity index is 396. The van der Waals surface area contributed by atoms with Crippen molar-refractivity contribution in [3.05, 3.63) is 30.3 Å². The molecule has 1 saturated heterocycles. The van der Waals surface area contributed by atoms with Gasteiger partial charge in [0.1, 0.15) is 0 Å². The molecule has 1 aromatic rings. The molecule has 0 radical (unpaired) electrons. The molecule has 1 unspecified atom stereocenters. The quantitative estimate of drug-likeness (QED) is 0.885. The number of carbonyl (C=O) groups excluding carboxylic acids is 1. The lowest BCUT2D eigenvalue weighted by atomic mass is 9.82. The summed E-state index contributed by atoms with van der Waals surface area (Å²) in [7, 11) is 0. The maximum absolute atomic E-state index is 12.8. The summed E-state index contributed by atoms with van der Waals surface area (Å²) in [6.45, 7) is 6.64. The zero-order valence-electron chi connectivity index (χ0n) is 11.3. The molecule has 1 aliphatic heterocycles. The molecule has 2 rings (SSSR count). The maximum atomic E-state index is 12.8. The van der Waals surface area contributed by atoms with Crippen LogP contribution in [0.1, 0.15) is 26.7 Å².